The van der Waals surface area contributed by atoms with Crippen molar-refractivity contribution >= 4 is 0 Å². The molecule has 4 rings (SSSR count). The van der Waals surface area contributed by atoms with Crippen LogP contribution in [-0.4, -0.2) is 10.2 Å². The Balaban J connectivity index is 0.000000401. The van der Waals surface area contributed by atoms with Crippen molar-refractivity contribution < 1.29 is 36.4 Å². The van der Waals surface area contributed by atoms with Crippen molar-refractivity contribution in [3.05, 3.63) is 118 Å². The van der Waals surface area contributed by atoms with Gasteiger partial charge in [0.25, 0.3) is 0 Å². The minimum absolute atomic E-state index is 0. The Labute approximate surface area is 207 Å². The minimum atomic E-state index is 0. The molecule has 31 heavy (non-hydrogen) atoms. The normalized spacial score (nSPS) is 8.97. The van der Waals surface area contributed by atoms with Gasteiger partial charge in [0.05, 0.1) is 0 Å². The molecule has 2 nitrogen and oxygen atoms in total. The van der Waals surface area contributed by atoms with Crippen LogP contribution in [0.15, 0.2) is 84.9 Å². The van der Waals surface area contributed by atoms with Crippen LogP contribution >= 0.6 is 0 Å². The topological polar surface area (TPSA) is 40.5 Å². The second kappa shape index (κ2) is 15.4. The smallest absolute Gasteiger partial charge is 0.508 e. The Bertz CT molecular complexity index is 806. The molecule has 0 aliphatic heterocycles. The molecule has 0 heterocycles. The zero-order valence-electron chi connectivity index (χ0n) is 19.5. The Hall–Kier alpha value is -2.38. The van der Waals surface area contributed by atoms with E-state index in [9.17, 15) is 10.2 Å². The average Bonchev–Trinajstić information content (AvgIpc) is 3.43. The first-order valence-electron chi connectivity index (χ1n) is 10.1. The van der Waals surface area contributed by atoms with E-state index in [1.54, 1.807) is 12.1 Å². The molecule has 0 aliphatic rings. The van der Waals surface area contributed by atoms with E-state index in [1.165, 1.54) is 0 Å². The van der Waals surface area contributed by atoms with Crippen molar-refractivity contribution in [3.8, 4) is 11.5 Å². The van der Waals surface area contributed by atoms with Gasteiger partial charge in [-0.2, -0.15) is 36.4 Å². The summed E-state index contributed by atoms with van der Waals surface area (Å²) in [4.78, 5) is 0. The number of hydrogen-bond acceptors (Lipinski definition) is 2. The quantitative estimate of drug-likeness (QED) is 0.250. The van der Waals surface area contributed by atoms with Gasteiger partial charge in [0.1, 0.15) is 11.5 Å². The first-order chi connectivity index (χ1) is 14.2. The molecule has 0 saturated carbocycles. The van der Waals surface area contributed by atoms with Crippen molar-refractivity contribution in [3.63, 3.8) is 0 Å². The summed E-state index contributed by atoms with van der Waals surface area (Å²) in [5.74, 6) is 0.801. The molecular weight excluding hydrogens is 460 g/mol. The predicted molar refractivity (Wildman–Crippen MR) is 129 cm³/mol. The fourth-order valence-corrected chi connectivity index (χ4v) is 2.68. The molecule has 162 valence electrons. The maximum absolute atomic E-state index is 9.28. The summed E-state index contributed by atoms with van der Waals surface area (Å²) in [7, 11) is 0. The van der Waals surface area contributed by atoms with Gasteiger partial charge in [0.15, 0.2) is 0 Å². The standard InChI is InChI=1S/2C9H12O.2C5H5.Zr/c2*1-6-4-7(2)8(3)9(10)5-6;2*1-2-4-5-3-1;/h2*4-5,10H,1-3H3;2*1-5H;/q;;2*-1;+2. The number of aryl methyl sites for hydroxylation is 4. The molecular formula is C28H34O2Zr. The predicted octanol–water partition coefficient (Wildman–Crippen LogP) is 7.44. The Morgan fingerprint density at radius 3 is 1.00 bits per heavy atom. The zero-order valence-corrected chi connectivity index (χ0v) is 21.9. The van der Waals surface area contributed by atoms with Gasteiger partial charge in [0, 0.05) is 0 Å². The van der Waals surface area contributed by atoms with Crippen molar-refractivity contribution in [2.24, 2.45) is 0 Å². The van der Waals surface area contributed by atoms with Gasteiger partial charge in [-0.05, 0) is 87.1 Å². The molecule has 0 fully saturated rings. The van der Waals surface area contributed by atoms with Crippen LogP contribution in [0.25, 0.3) is 0 Å². The Morgan fingerprint density at radius 2 is 0.806 bits per heavy atom. The van der Waals surface area contributed by atoms with Gasteiger partial charge in [-0.1, -0.05) is 12.1 Å². The molecule has 0 atom stereocenters. The first-order valence-corrected chi connectivity index (χ1v) is 10.1. The van der Waals surface area contributed by atoms with Crippen LogP contribution < -0.4 is 0 Å². The van der Waals surface area contributed by atoms with Gasteiger partial charge >= 0.3 is 26.2 Å². The maximum atomic E-state index is 9.28. The van der Waals surface area contributed by atoms with Gasteiger partial charge in [-0.3, -0.25) is 0 Å². The van der Waals surface area contributed by atoms with E-state index in [-0.39, 0.29) is 26.2 Å². The van der Waals surface area contributed by atoms with Crippen LogP contribution in [0, 0.1) is 41.5 Å². The van der Waals surface area contributed by atoms with E-state index in [4.69, 9.17) is 0 Å². The molecule has 3 heteroatoms. The molecule has 0 aromatic heterocycles. The molecule has 0 bridgehead atoms. The van der Waals surface area contributed by atoms with E-state index in [1.807, 2.05) is 102 Å². The van der Waals surface area contributed by atoms with Gasteiger partial charge in [0.2, 0.25) is 0 Å². The van der Waals surface area contributed by atoms with Crippen LogP contribution in [0.3, 0.4) is 0 Å². The van der Waals surface area contributed by atoms with Crippen LogP contribution in [-0.2, 0) is 26.2 Å². The molecule has 0 spiro atoms. The van der Waals surface area contributed by atoms with Crippen LogP contribution in [0.2, 0.25) is 0 Å². The summed E-state index contributed by atoms with van der Waals surface area (Å²) in [6.07, 6.45) is 0. The Morgan fingerprint density at radius 1 is 0.516 bits per heavy atom. The summed E-state index contributed by atoms with van der Waals surface area (Å²) in [6.45, 7) is 11.8. The summed E-state index contributed by atoms with van der Waals surface area (Å²) in [5.41, 5.74) is 6.48. The third kappa shape index (κ3) is 11.6. The summed E-state index contributed by atoms with van der Waals surface area (Å²) in [6, 6.07) is 27.7. The fourth-order valence-electron chi connectivity index (χ4n) is 2.68. The SMILES string of the molecule is Cc1cc(C)c(C)c(O)c1.Cc1cc(C)c(C)c(O)c1.[Zr+2].c1cc[cH-]c1.c1cc[cH-]c1. The number of hydrogen-bond donors (Lipinski definition) is 2. The Kier molecular flexibility index (Phi) is 14.2. The van der Waals surface area contributed by atoms with Crippen molar-refractivity contribution in [1.82, 2.24) is 0 Å². The molecule has 0 radical (unpaired) electrons. The number of rotatable bonds is 0. The van der Waals surface area contributed by atoms with Crippen molar-refractivity contribution in [2.45, 2.75) is 41.5 Å². The third-order valence-electron chi connectivity index (χ3n) is 4.68. The maximum Gasteiger partial charge on any atom is 2.00 e. The minimum Gasteiger partial charge on any atom is -0.508 e. The number of aromatic hydroxyl groups is 2. The summed E-state index contributed by atoms with van der Waals surface area (Å²) in [5, 5.41) is 18.6. The van der Waals surface area contributed by atoms with Crippen LogP contribution in [0.1, 0.15) is 33.4 Å². The van der Waals surface area contributed by atoms with Gasteiger partial charge < -0.3 is 10.2 Å². The van der Waals surface area contributed by atoms with E-state index >= 15 is 0 Å². The van der Waals surface area contributed by atoms with Crippen LogP contribution in [0.4, 0.5) is 0 Å². The number of benzene rings is 2. The van der Waals surface area contributed by atoms with Crippen molar-refractivity contribution in [1.29, 1.82) is 0 Å². The van der Waals surface area contributed by atoms with Gasteiger partial charge in [-0.25, -0.2) is 24.3 Å². The second-order valence-electron chi connectivity index (χ2n) is 7.38. The molecule has 0 saturated heterocycles. The van der Waals surface area contributed by atoms with E-state index in [0.29, 0.717) is 11.5 Å². The average molecular weight is 494 g/mol. The molecule has 2 N–H and O–H groups in total. The van der Waals surface area contributed by atoms with Crippen molar-refractivity contribution in [2.75, 3.05) is 0 Å². The molecule has 0 amide bonds. The second-order valence-corrected chi connectivity index (χ2v) is 7.38. The first kappa shape index (κ1) is 28.6. The monoisotopic (exact) mass is 492 g/mol. The molecule has 4 aromatic carbocycles. The van der Waals surface area contributed by atoms with E-state index in [2.05, 4.69) is 12.1 Å². The fraction of sp³-hybridized carbons (Fsp3) is 0.214. The molecule has 4 aromatic rings. The largest absolute Gasteiger partial charge is 2.00 e. The molecule has 0 unspecified atom stereocenters. The summed E-state index contributed by atoms with van der Waals surface area (Å²) < 4.78 is 0. The van der Waals surface area contributed by atoms with E-state index < -0.39 is 0 Å². The zero-order chi connectivity index (χ0) is 22.5. The van der Waals surface area contributed by atoms with E-state index in [0.717, 1.165) is 33.4 Å². The molecule has 0 aliphatic carbocycles. The number of phenols is 2. The van der Waals surface area contributed by atoms with Crippen LogP contribution in [0.5, 0.6) is 11.5 Å². The van der Waals surface area contributed by atoms with Gasteiger partial charge in [-0.15, -0.1) is 0 Å². The summed E-state index contributed by atoms with van der Waals surface area (Å²) >= 11 is 0. The number of phenolic OH excluding ortho intramolecular Hbond substituents is 2. The third-order valence-corrected chi connectivity index (χ3v) is 4.68.